The molecule has 0 atom stereocenters. The summed E-state index contributed by atoms with van der Waals surface area (Å²) >= 11 is 0. The average molecular weight is 118 g/mol. The van der Waals surface area contributed by atoms with Crippen LogP contribution in [0.15, 0.2) is 24.7 Å². The predicted molar refractivity (Wildman–Crippen MR) is 31.8 cm³/mol. The SMILES string of the molecule is [c]1cc2cnccn2n1. The van der Waals surface area contributed by atoms with E-state index in [4.69, 9.17) is 0 Å². The summed E-state index contributed by atoms with van der Waals surface area (Å²) in [6.45, 7) is 0. The normalized spacial score (nSPS) is 10.2. The molecule has 0 aliphatic carbocycles. The molecule has 0 aliphatic heterocycles. The Morgan fingerprint density at radius 1 is 1.56 bits per heavy atom. The van der Waals surface area contributed by atoms with E-state index in [1.165, 1.54) is 0 Å². The second kappa shape index (κ2) is 1.55. The molecule has 0 aromatic carbocycles. The van der Waals surface area contributed by atoms with E-state index in [9.17, 15) is 0 Å². The molecule has 0 amide bonds. The summed E-state index contributed by atoms with van der Waals surface area (Å²) < 4.78 is 1.72. The van der Waals surface area contributed by atoms with E-state index in [1.807, 2.05) is 0 Å². The van der Waals surface area contributed by atoms with Crippen LogP contribution in [0.5, 0.6) is 0 Å². The van der Waals surface area contributed by atoms with Crippen molar-refractivity contribution in [3.8, 4) is 0 Å². The van der Waals surface area contributed by atoms with Crippen LogP contribution < -0.4 is 0 Å². The van der Waals surface area contributed by atoms with Crippen molar-refractivity contribution in [2.24, 2.45) is 0 Å². The highest BCUT2D eigenvalue weighted by Gasteiger charge is 1.87. The molecule has 0 N–H and O–H groups in total. The quantitative estimate of drug-likeness (QED) is 0.505. The fraction of sp³-hybridized carbons (Fsp3) is 0. The van der Waals surface area contributed by atoms with Crippen molar-refractivity contribution in [1.82, 2.24) is 14.6 Å². The van der Waals surface area contributed by atoms with Gasteiger partial charge < -0.3 is 0 Å². The summed E-state index contributed by atoms with van der Waals surface area (Å²) in [7, 11) is 0. The molecule has 0 fully saturated rings. The van der Waals surface area contributed by atoms with Crippen molar-refractivity contribution in [1.29, 1.82) is 0 Å². The first-order chi connectivity index (χ1) is 4.47. The van der Waals surface area contributed by atoms with Gasteiger partial charge in [-0.3, -0.25) is 4.98 Å². The Morgan fingerprint density at radius 2 is 2.56 bits per heavy atom. The van der Waals surface area contributed by atoms with Gasteiger partial charge in [0.15, 0.2) is 0 Å². The van der Waals surface area contributed by atoms with Gasteiger partial charge in [-0.05, 0) is 6.07 Å². The van der Waals surface area contributed by atoms with E-state index in [2.05, 4.69) is 16.3 Å². The largest absolute Gasteiger partial charge is 0.261 e. The number of nitrogens with zero attached hydrogens (tertiary/aromatic N) is 3. The molecule has 3 nitrogen and oxygen atoms in total. The molecule has 43 valence electrons. The van der Waals surface area contributed by atoms with Crippen molar-refractivity contribution in [3.63, 3.8) is 0 Å². The average Bonchev–Trinajstić information content (AvgIpc) is 2.33. The number of fused-ring (bicyclic) bond motifs is 1. The zero-order valence-electron chi connectivity index (χ0n) is 4.65. The highest BCUT2D eigenvalue weighted by molar-refractivity contribution is 5.41. The van der Waals surface area contributed by atoms with Gasteiger partial charge in [0.1, 0.15) is 6.20 Å². The third-order valence-electron chi connectivity index (χ3n) is 1.14. The van der Waals surface area contributed by atoms with Gasteiger partial charge in [-0.25, -0.2) is 4.52 Å². The first-order valence-corrected chi connectivity index (χ1v) is 2.62. The number of aromatic nitrogens is 3. The molecule has 0 saturated heterocycles. The van der Waals surface area contributed by atoms with E-state index >= 15 is 0 Å². The lowest BCUT2D eigenvalue weighted by atomic mass is 10.5. The lowest BCUT2D eigenvalue weighted by Gasteiger charge is -1.85. The Kier molecular flexibility index (Phi) is 0.773. The third kappa shape index (κ3) is 0.579. The summed E-state index contributed by atoms with van der Waals surface area (Å²) in [4.78, 5) is 3.90. The van der Waals surface area contributed by atoms with Crippen molar-refractivity contribution < 1.29 is 0 Å². The molecule has 2 heterocycles. The summed E-state index contributed by atoms with van der Waals surface area (Å²) in [6.07, 6.45) is 7.92. The minimum absolute atomic E-state index is 0.970. The maximum absolute atomic E-state index is 3.90. The highest BCUT2D eigenvalue weighted by Crippen LogP contribution is 1.94. The van der Waals surface area contributed by atoms with E-state index in [1.54, 1.807) is 29.2 Å². The highest BCUT2D eigenvalue weighted by atomic mass is 15.2. The van der Waals surface area contributed by atoms with Gasteiger partial charge in [0, 0.05) is 12.4 Å². The molecule has 0 unspecified atom stereocenters. The van der Waals surface area contributed by atoms with Crippen LogP contribution in [0.4, 0.5) is 0 Å². The van der Waals surface area contributed by atoms with Crippen LogP contribution in [-0.2, 0) is 0 Å². The van der Waals surface area contributed by atoms with Crippen LogP contribution in [0, 0.1) is 6.20 Å². The fourth-order valence-electron chi connectivity index (χ4n) is 0.718. The molecule has 0 aliphatic rings. The van der Waals surface area contributed by atoms with Gasteiger partial charge in [-0.2, -0.15) is 5.10 Å². The van der Waals surface area contributed by atoms with Crippen LogP contribution in [0.1, 0.15) is 0 Å². The minimum atomic E-state index is 0.970. The summed E-state index contributed by atoms with van der Waals surface area (Å²) in [6, 6.07) is 1.78. The van der Waals surface area contributed by atoms with Crippen molar-refractivity contribution in [2.75, 3.05) is 0 Å². The van der Waals surface area contributed by atoms with Crippen LogP contribution in [0.25, 0.3) is 5.52 Å². The molecule has 2 rings (SSSR count). The smallest absolute Gasteiger partial charge is 0.114 e. The lowest BCUT2D eigenvalue weighted by molar-refractivity contribution is 0.942. The van der Waals surface area contributed by atoms with Crippen molar-refractivity contribution >= 4 is 5.52 Å². The monoisotopic (exact) mass is 118 g/mol. The lowest BCUT2D eigenvalue weighted by Crippen LogP contribution is -1.84. The molecule has 0 saturated carbocycles. The number of hydrogen-bond donors (Lipinski definition) is 0. The summed E-state index contributed by atoms with van der Waals surface area (Å²) in [5.74, 6) is 0. The molecule has 2 aromatic rings. The van der Waals surface area contributed by atoms with Crippen LogP contribution >= 0.6 is 0 Å². The maximum atomic E-state index is 3.90. The molecular formula is C6H4N3. The Morgan fingerprint density at radius 3 is 3.44 bits per heavy atom. The standard InChI is InChI=1S/C6H4N3/c1-2-8-9-4-3-7-5-6(1)9/h1,3-5H. The topological polar surface area (TPSA) is 30.2 Å². The zero-order valence-corrected chi connectivity index (χ0v) is 4.65. The van der Waals surface area contributed by atoms with E-state index in [0.717, 1.165) is 5.52 Å². The van der Waals surface area contributed by atoms with E-state index in [-0.39, 0.29) is 0 Å². The second-order valence-corrected chi connectivity index (χ2v) is 1.72. The molecule has 0 bridgehead atoms. The molecule has 9 heavy (non-hydrogen) atoms. The molecule has 0 spiro atoms. The fourth-order valence-corrected chi connectivity index (χ4v) is 0.718. The van der Waals surface area contributed by atoms with Gasteiger partial charge >= 0.3 is 0 Å². The maximum Gasteiger partial charge on any atom is 0.114 e. The Labute approximate surface area is 52.0 Å². The number of rotatable bonds is 0. The van der Waals surface area contributed by atoms with Crippen LogP contribution in [0.2, 0.25) is 0 Å². The molecule has 3 heteroatoms. The molecule has 2 aromatic heterocycles. The molecular weight excluding hydrogens is 114 g/mol. The third-order valence-corrected chi connectivity index (χ3v) is 1.14. The van der Waals surface area contributed by atoms with Crippen LogP contribution in [-0.4, -0.2) is 14.6 Å². The van der Waals surface area contributed by atoms with Gasteiger partial charge in [0.2, 0.25) is 0 Å². The second-order valence-electron chi connectivity index (χ2n) is 1.72. The van der Waals surface area contributed by atoms with E-state index < -0.39 is 0 Å². The zero-order chi connectivity index (χ0) is 6.10. The minimum Gasteiger partial charge on any atom is -0.261 e. The van der Waals surface area contributed by atoms with Gasteiger partial charge in [-0.1, -0.05) is 0 Å². The summed E-state index contributed by atoms with van der Waals surface area (Å²) in [5.41, 5.74) is 0.970. The van der Waals surface area contributed by atoms with Crippen molar-refractivity contribution in [3.05, 3.63) is 30.9 Å². The summed E-state index contributed by atoms with van der Waals surface area (Å²) in [5, 5.41) is 3.87. The first kappa shape index (κ1) is 4.49. The van der Waals surface area contributed by atoms with Crippen LogP contribution in [0.3, 0.4) is 0 Å². The van der Waals surface area contributed by atoms with Gasteiger partial charge in [0.05, 0.1) is 11.7 Å². The Hall–Kier alpha value is -1.38. The molecule has 1 radical (unpaired) electrons. The van der Waals surface area contributed by atoms with E-state index in [0.29, 0.717) is 0 Å². The number of hydrogen-bond acceptors (Lipinski definition) is 2. The van der Waals surface area contributed by atoms with Crippen molar-refractivity contribution in [2.45, 2.75) is 0 Å². The predicted octanol–water partition coefficient (Wildman–Crippen LogP) is 0.529. The van der Waals surface area contributed by atoms with Gasteiger partial charge in [0.25, 0.3) is 0 Å². The van der Waals surface area contributed by atoms with Gasteiger partial charge in [-0.15, -0.1) is 0 Å². The first-order valence-electron chi connectivity index (χ1n) is 2.62. The Bertz CT molecular complexity index is 282. The Balaban J connectivity index is 2.95.